The molecule has 0 aliphatic carbocycles. The summed E-state index contributed by atoms with van der Waals surface area (Å²) in [5, 5.41) is 2.47. The highest BCUT2D eigenvalue weighted by Gasteiger charge is 2.13. The van der Waals surface area contributed by atoms with Gasteiger partial charge in [-0.1, -0.05) is 36.4 Å². The second-order valence-electron chi connectivity index (χ2n) is 4.55. The summed E-state index contributed by atoms with van der Waals surface area (Å²) in [6.07, 6.45) is 3.37. The number of hydrogen-bond donors (Lipinski definition) is 1. The maximum Gasteiger partial charge on any atom is 0.0953 e. The van der Waals surface area contributed by atoms with Crippen molar-refractivity contribution in [1.82, 2.24) is 0 Å². The van der Waals surface area contributed by atoms with Crippen LogP contribution >= 0.6 is 0 Å². The Kier molecular flexibility index (Phi) is 2.65. The van der Waals surface area contributed by atoms with E-state index in [1.807, 2.05) is 12.1 Å². The summed E-state index contributed by atoms with van der Waals surface area (Å²) in [5.74, 6) is 0. The van der Waals surface area contributed by atoms with E-state index < -0.39 is 0 Å². The zero-order chi connectivity index (χ0) is 12.5. The van der Waals surface area contributed by atoms with Crippen molar-refractivity contribution in [3.63, 3.8) is 0 Å². The van der Waals surface area contributed by atoms with Gasteiger partial charge in [0.1, 0.15) is 0 Å². The van der Waals surface area contributed by atoms with E-state index in [2.05, 4.69) is 37.3 Å². The van der Waals surface area contributed by atoms with Crippen molar-refractivity contribution in [1.29, 1.82) is 0 Å². The fraction of sp³-hybridized carbons (Fsp3) is 0.125. The molecule has 1 aromatic heterocycles. The maximum absolute atomic E-state index is 6.32. The van der Waals surface area contributed by atoms with Gasteiger partial charge in [-0.05, 0) is 34.9 Å². The molecule has 1 unspecified atom stereocenters. The molecule has 2 aromatic carbocycles. The highest BCUT2D eigenvalue weighted by Crippen LogP contribution is 2.29. The van der Waals surface area contributed by atoms with Gasteiger partial charge in [-0.25, -0.2) is 0 Å². The smallest absolute Gasteiger partial charge is 0.0953 e. The van der Waals surface area contributed by atoms with Crippen LogP contribution in [0.2, 0.25) is 0 Å². The van der Waals surface area contributed by atoms with E-state index in [4.69, 9.17) is 10.2 Å². The van der Waals surface area contributed by atoms with Crippen molar-refractivity contribution in [2.75, 3.05) is 0 Å². The lowest BCUT2D eigenvalue weighted by atomic mass is 9.94. The number of nitrogens with two attached hydrogens (primary N) is 1. The SMILES string of the molecule is Cc1ccc(C(N)c2ccoc2)c2ccccc12. The predicted octanol–water partition coefficient (Wildman–Crippen LogP) is 3.79. The third-order valence-electron chi connectivity index (χ3n) is 3.41. The van der Waals surface area contributed by atoms with Gasteiger partial charge >= 0.3 is 0 Å². The normalized spacial score (nSPS) is 12.8. The zero-order valence-electron chi connectivity index (χ0n) is 10.3. The van der Waals surface area contributed by atoms with Crippen LogP contribution in [0.1, 0.15) is 22.7 Å². The number of hydrogen-bond acceptors (Lipinski definition) is 2. The zero-order valence-corrected chi connectivity index (χ0v) is 10.3. The summed E-state index contributed by atoms with van der Waals surface area (Å²) in [7, 11) is 0. The molecule has 0 aliphatic rings. The van der Waals surface area contributed by atoms with Crippen LogP contribution in [0.25, 0.3) is 10.8 Å². The van der Waals surface area contributed by atoms with Crippen molar-refractivity contribution >= 4 is 10.8 Å². The van der Waals surface area contributed by atoms with Gasteiger partial charge in [-0.3, -0.25) is 0 Å². The van der Waals surface area contributed by atoms with Crippen LogP contribution in [-0.4, -0.2) is 0 Å². The lowest BCUT2D eigenvalue weighted by molar-refractivity contribution is 0.562. The first-order valence-corrected chi connectivity index (χ1v) is 6.03. The van der Waals surface area contributed by atoms with Crippen LogP contribution < -0.4 is 5.73 Å². The average Bonchev–Trinajstić information content (AvgIpc) is 2.93. The Labute approximate surface area is 106 Å². The Morgan fingerprint density at radius 3 is 2.50 bits per heavy atom. The monoisotopic (exact) mass is 237 g/mol. The average molecular weight is 237 g/mol. The molecule has 0 amide bonds. The molecule has 18 heavy (non-hydrogen) atoms. The molecule has 2 N–H and O–H groups in total. The number of rotatable bonds is 2. The molecule has 3 aromatic rings. The maximum atomic E-state index is 6.32. The predicted molar refractivity (Wildman–Crippen MR) is 73.4 cm³/mol. The minimum absolute atomic E-state index is 0.144. The molecule has 0 spiro atoms. The van der Waals surface area contributed by atoms with Crippen molar-refractivity contribution < 1.29 is 4.42 Å². The molecular formula is C16H15NO. The molecule has 0 saturated carbocycles. The molecule has 90 valence electrons. The standard InChI is InChI=1S/C16H15NO/c1-11-6-7-15(14-5-3-2-4-13(11)14)16(17)12-8-9-18-10-12/h2-10,16H,17H2,1H3. The third kappa shape index (κ3) is 1.71. The second-order valence-corrected chi connectivity index (χ2v) is 4.55. The van der Waals surface area contributed by atoms with Gasteiger partial charge in [0.2, 0.25) is 0 Å². The first-order valence-electron chi connectivity index (χ1n) is 6.03. The molecule has 0 radical (unpaired) electrons. The van der Waals surface area contributed by atoms with Gasteiger partial charge in [-0.15, -0.1) is 0 Å². The molecule has 3 rings (SSSR count). The minimum atomic E-state index is -0.144. The van der Waals surface area contributed by atoms with Crippen LogP contribution in [0, 0.1) is 6.92 Å². The van der Waals surface area contributed by atoms with Gasteiger partial charge < -0.3 is 10.2 Å². The fourth-order valence-corrected chi connectivity index (χ4v) is 2.38. The Bertz CT molecular complexity index is 671. The summed E-state index contributed by atoms with van der Waals surface area (Å²) in [4.78, 5) is 0. The molecule has 2 heteroatoms. The molecule has 0 saturated heterocycles. The summed E-state index contributed by atoms with van der Waals surface area (Å²) in [5.41, 5.74) is 9.73. The van der Waals surface area contributed by atoms with Crippen LogP contribution in [0.3, 0.4) is 0 Å². The molecule has 1 atom stereocenters. The Morgan fingerprint density at radius 1 is 1.00 bits per heavy atom. The largest absolute Gasteiger partial charge is 0.472 e. The van der Waals surface area contributed by atoms with Crippen LogP contribution in [0.15, 0.2) is 59.4 Å². The van der Waals surface area contributed by atoms with E-state index in [-0.39, 0.29) is 6.04 Å². The fourth-order valence-electron chi connectivity index (χ4n) is 2.38. The molecule has 2 nitrogen and oxygen atoms in total. The molecular weight excluding hydrogens is 222 g/mol. The number of fused-ring (bicyclic) bond motifs is 1. The molecule has 1 heterocycles. The van der Waals surface area contributed by atoms with E-state index in [0.717, 1.165) is 11.1 Å². The van der Waals surface area contributed by atoms with Gasteiger partial charge in [0, 0.05) is 5.56 Å². The van der Waals surface area contributed by atoms with E-state index in [0.29, 0.717) is 0 Å². The van der Waals surface area contributed by atoms with Crippen LogP contribution in [0.5, 0.6) is 0 Å². The number of benzene rings is 2. The van der Waals surface area contributed by atoms with Crippen LogP contribution in [-0.2, 0) is 0 Å². The molecule has 0 aliphatic heterocycles. The van der Waals surface area contributed by atoms with Gasteiger partial charge in [-0.2, -0.15) is 0 Å². The lowest BCUT2D eigenvalue weighted by Crippen LogP contribution is -2.11. The Hall–Kier alpha value is -2.06. The summed E-state index contributed by atoms with van der Waals surface area (Å²) < 4.78 is 5.11. The van der Waals surface area contributed by atoms with E-state index in [1.165, 1.54) is 16.3 Å². The van der Waals surface area contributed by atoms with Gasteiger partial charge in [0.25, 0.3) is 0 Å². The van der Waals surface area contributed by atoms with Crippen molar-refractivity contribution in [3.05, 3.63) is 71.7 Å². The first kappa shape index (κ1) is 11.1. The summed E-state index contributed by atoms with van der Waals surface area (Å²) in [6.45, 7) is 2.12. The molecule has 0 fully saturated rings. The van der Waals surface area contributed by atoms with E-state index >= 15 is 0 Å². The number of furan rings is 1. The topological polar surface area (TPSA) is 39.2 Å². The van der Waals surface area contributed by atoms with Crippen molar-refractivity contribution in [2.45, 2.75) is 13.0 Å². The van der Waals surface area contributed by atoms with Crippen molar-refractivity contribution in [2.24, 2.45) is 5.73 Å². The summed E-state index contributed by atoms with van der Waals surface area (Å²) in [6, 6.07) is 14.4. The van der Waals surface area contributed by atoms with Crippen LogP contribution in [0.4, 0.5) is 0 Å². The quantitative estimate of drug-likeness (QED) is 0.736. The van der Waals surface area contributed by atoms with E-state index in [9.17, 15) is 0 Å². The summed E-state index contributed by atoms with van der Waals surface area (Å²) >= 11 is 0. The number of aryl methyl sites for hydroxylation is 1. The molecule has 0 bridgehead atoms. The minimum Gasteiger partial charge on any atom is -0.472 e. The van der Waals surface area contributed by atoms with E-state index in [1.54, 1.807) is 12.5 Å². The Morgan fingerprint density at radius 2 is 1.78 bits per heavy atom. The lowest BCUT2D eigenvalue weighted by Gasteiger charge is -2.14. The van der Waals surface area contributed by atoms with Gasteiger partial charge in [0.05, 0.1) is 18.6 Å². The first-order chi connectivity index (χ1) is 8.77. The highest BCUT2D eigenvalue weighted by molar-refractivity contribution is 5.89. The third-order valence-corrected chi connectivity index (χ3v) is 3.41. The Balaban J connectivity index is 2.21. The van der Waals surface area contributed by atoms with Gasteiger partial charge in [0.15, 0.2) is 0 Å². The highest BCUT2D eigenvalue weighted by atomic mass is 16.3. The van der Waals surface area contributed by atoms with Crippen molar-refractivity contribution in [3.8, 4) is 0 Å². The second kappa shape index (κ2) is 4.31.